The fourth-order valence-corrected chi connectivity index (χ4v) is 4.58. The minimum Gasteiger partial charge on any atom is -0.489 e. The molecule has 186 valence electrons. The molecule has 0 radical (unpaired) electrons. The van der Waals surface area contributed by atoms with Gasteiger partial charge in [0.05, 0.1) is 52.6 Å². The highest BCUT2D eigenvalue weighted by molar-refractivity contribution is 6.31. The number of nitrogens with zero attached hydrogens (tertiary/aromatic N) is 6. The number of aryl methyl sites for hydroxylation is 2. The lowest BCUT2D eigenvalue weighted by molar-refractivity contribution is -0.143. The van der Waals surface area contributed by atoms with Gasteiger partial charge in [0.1, 0.15) is 11.4 Å². The van der Waals surface area contributed by atoms with Crippen LogP contribution in [-0.4, -0.2) is 47.1 Å². The minimum atomic E-state index is -0.753. The van der Waals surface area contributed by atoms with Gasteiger partial charge in [0.15, 0.2) is 0 Å². The van der Waals surface area contributed by atoms with E-state index in [1.807, 2.05) is 40.0 Å². The van der Waals surface area contributed by atoms with Crippen LogP contribution in [0.4, 0.5) is 5.95 Å². The van der Waals surface area contributed by atoms with E-state index < -0.39 is 5.97 Å². The summed E-state index contributed by atoms with van der Waals surface area (Å²) in [4.78, 5) is 24.9. The molecule has 11 heteroatoms. The Morgan fingerprint density at radius 3 is 2.83 bits per heavy atom. The Hall–Kier alpha value is -3.27. The maximum Gasteiger partial charge on any atom is 0.306 e. The van der Waals surface area contributed by atoms with Crippen LogP contribution in [0.2, 0.25) is 5.02 Å². The zero-order valence-corrected chi connectivity index (χ0v) is 21.1. The third-order valence-corrected chi connectivity index (χ3v) is 6.52. The lowest BCUT2D eigenvalue weighted by Crippen LogP contribution is -2.29. The van der Waals surface area contributed by atoms with Crippen LogP contribution in [-0.2, 0) is 18.4 Å². The molecular weight excluding hydrogens is 470 g/mol. The first-order chi connectivity index (χ1) is 16.7. The van der Waals surface area contributed by atoms with E-state index in [9.17, 15) is 9.90 Å². The number of halogens is 1. The predicted molar refractivity (Wildman–Crippen MR) is 131 cm³/mol. The number of carbonyl (C=O) groups is 1. The molecule has 3 aromatic heterocycles. The van der Waals surface area contributed by atoms with Gasteiger partial charge < -0.3 is 15.2 Å². The standard InChI is InChI=1S/C24H30ClN7O3/c1-13(2)21-17(25)11-26-24(29-21)27-12-19-22(30-31-32(19)4)18-8-9-20(14(3)28-18)35-16-7-5-6-15(10-16)23(33)34/h8-9,11,13,15-16H,5-7,10,12H2,1-4H3,(H,33,34)(H,26,27,29)/t15?,16-/m0/s1. The molecule has 1 aliphatic rings. The third kappa shape index (κ3) is 5.70. The molecule has 0 amide bonds. The monoisotopic (exact) mass is 499 g/mol. The molecule has 4 rings (SSSR count). The summed E-state index contributed by atoms with van der Waals surface area (Å²) in [5.74, 6) is 0.208. The van der Waals surface area contributed by atoms with Crippen molar-refractivity contribution in [2.75, 3.05) is 5.32 Å². The minimum absolute atomic E-state index is 0.123. The second kappa shape index (κ2) is 10.6. The summed E-state index contributed by atoms with van der Waals surface area (Å²) in [6.07, 6.45) is 4.39. The lowest BCUT2D eigenvalue weighted by Gasteiger charge is -2.27. The highest BCUT2D eigenvalue weighted by Crippen LogP contribution is 2.30. The average Bonchev–Trinajstić information content (AvgIpc) is 3.20. The van der Waals surface area contributed by atoms with Crippen LogP contribution in [0.15, 0.2) is 18.3 Å². The van der Waals surface area contributed by atoms with Crippen molar-refractivity contribution in [3.63, 3.8) is 0 Å². The Kier molecular flexibility index (Phi) is 7.49. The van der Waals surface area contributed by atoms with E-state index in [0.717, 1.165) is 24.2 Å². The number of aromatic nitrogens is 6. The topological polar surface area (TPSA) is 128 Å². The van der Waals surface area contributed by atoms with Crippen molar-refractivity contribution in [1.82, 2.24) is 29.9 Å². The van der Waals surface area contributed by atoms with E-state index in [4.69, 9.17) is 21.3 Å². The van der Waals surface area contributed by atoms with Gasteiger partial charge in [-0.3, -0.25) is 4.79 Å². The summed E-state index contributed by atoms with van der Waals surface area (Å²) in [7, 11) is 1.82. The fraction of sp³-hybridized carbons (Fsp3) is 0.500. The summed E-state index contributed by atoms with van der Waals surface area (Å²) in [6.45, 7) is 6.33. The van der Waals surface area contributed by atoms with Gasteiger partial charge in [0, 0.05) is 7.05 Å². The molecule has 0 bridgehead atoms. The second-order valence-corrected chi connectivity index (χ2v) is 9.57. The van der Waals surface area contributed by atoms with E-state index in [0.29, 0.717) is 53.2 Å². The summed E-state index contributed by atoms with van der Waals surface area (Å²) in [5, 5.41) is 21.6. The van der Waals surface area contributed by atoms with Gasteiger partial charge in [-0.1, -0.05) is 30.7 Å². The van der Waals surface area contributed by atoms with Gasteiger partial charge in [-0.2, -0.15) is 0 Å². The summed E-state index contributed by atoms with van der Waals surface area (Å²) in [6, 6.07) is 3.72. The van der Waals surface area contributed by atoms with Crippen LogP contribution < -0.4 is 10.1 Å². The number of carboxylic acids is 1. The maximum atomic E-state index is 11.4. The molecular formula is C24H30ClN7O3. The molecule has 3 heterocycles. The number of aliphatic carboxylic acids is 1. The van der Waals surface area contributed by atoms with Crippen LogP contribution in [0, 0.1) is 12.8 Å². The lowest BCUT2D eigenvalue weighted by atomic mass is 9.87. The van der Waals surface area contributed by atoms with Crippen molar-refractivity contribution in [3.8, 4) is 17.1 Å². The highest BCUT2D eigenvalue weighted by Gasteiger charge is 2.28. The van der Waals surface area contributed by atoms with E-state index >= 15 is 0 Å². The van der Waals surface area contributed by atoms with Crippen LogP contribution in [0.5, 0.6) is 5.75 Å². The second-order valence-electron chi connectivity index (χ2n) is 9.17. The molecule has 1 unspecified atom stereocenters. The van der Waals surface area contributed by atoms with Crippen molar-refractivity contribution in [2.45, 2.75) is 65.0 Å². The first-order valence-corrected chi connectivity index (χ1v) is 12.1. The van der Waals surface area contributed by atoms with E-state index in [-0.39, 0.29) is 17.9 Å². The quantitative estimate of drug-likeness (QED) is 0.463. The molecule has 0 spiro atoms. The van der Waals surface area contributed by atoms with E-state index in [1.54, 1.807) is 10.9 Å². The molecule has 3 aromatic rings. The predicted octanol–water partition coefficient (Wildman–Crippen LogP) is 4.39. The molecule has 2 atom stereocenters. The van der Waals surface area contributed by atoms with Gasteiger partial charge in [0.25, 0.3) is 0 Å². The Labute approximate surface area is 209 Å². The fourth-order valence-electron chi connectivity index (χ4n) is 4.27. The van der Waals surface area contributed by atoms with Gasteiger partial charge in [-0.15, -0.1) is 5.10 Å². The van der Waals surface area contributed by atoms with Crippen LogP contribution >= 0.6 is 11.6 Å². The maximum absolute atomic E-state index is 11.4. The Balaban J connectivity index is 1.49. The number of rotatable bonds is 8. The SMILES string of the molecule is Cc1nc(-c2nnn(C)c2CNc2ncc(Cl)c(C(C)C)n2)ccc1O[C@H]1CCCC(C(=O)O)C1. The Bertz CT molecular complexity index is 1210. The number of anilines is 1. The molecule has 0 aromatic carbocycles. The van der Waals surface area contributed by atoms with Crippen LogP contribution in [0.25, 0.3) is 11.4 Å². The number of carboxylic acid groups (broad SMARTS) is 1. The highest BCUT2D eigenvalue weighted by atomic mass is 35.5. The number of hydrogen-bond acceptors (Lipinski definition) is 8. The van der Waals surface area contributed by atoms with Crippen molar-refractivity contribution in [1.29, 1.82) is 0 Å². The number of ether oxygens (including phenoxy) is 1. The van der Waals surface area contributed by atoms with Gasteiger partial charge in [-0.25, -0.2) is 19.6 Å². The average molecular weight is 500 g/mol. The largest absolute Gasteiger partial charge is 0.489 e. The Morgan fingerprint density at radius 1 is 1.31 bits per heavy atom. The van der Waals surface area contributed by atoms with Crippen LogP contribution in [0.1, 0.15) is 62.5 Å². The smallest absolute Gasteiger partial charge is 0.306 e. The van der Waals surface area contributed by atoms with Crippen molar-refractivity contribution >= 4 is 23.5 Å². The number of hydrogen-bond donors (Lipinski definition) is 2. The van der Waals surface area contributed by atoms with Crippen LogP contribution in [0.3, 0.4) is 0 Å². The van der Waals surface area contributed by atoms with Gasteiger partial charge in [-0.05, 0) is 50.7 Å². The summed E-state index contributed by atoms with van der Waals surface area (Å²) in [5.41, 5.74) is 3.65. The van der Waals surface area contributed by atoms with Crippen molar-refractivity contribution in [2.24, 2.45) is 13.0 Å². The molecule has 1 aliphatic carbocycles. The Morgan fingerprint density at radius 2 is 2.11 bits per heavy atom. The summed E-state index contributed by atoms with van der Waals surface area (Å²) < 4.78 is 7.82. The normalized spacial score (nSPS) is 18.0. The molecule has 10 nitrogen and oxygen atoms in total. The zero-order valence-electron chi connectivity index (χ0n) is 20.3. The van der Waals surface area contributed by atoms with Crippen molar-refractivity contribution < 1.29 is 14.6 Å². The van der Waals surface area contributed by atoms with E-state index in [2.05, 4.69) is 25.6 Å². The zero-order chi connectivity index (χ0) is 25.1. The van der Waals surface area contributed by atoms with Gasteiger partial charge >= 0.3 is 5.97 Å². The van der Waals surface area contributed by atoms with E-state index in [1.165, 1.54) is 0 Å². The first-order valence-electron chi connectivity index (χ1n) is 11.7. The molecule has 0 saturated heterocycles. The molecule has 1 fully saturated rings. The molecule has 35 heavy (non-hydrogen) atoms. The summed E-state index contributed by atoms with van der Waals surface area (Å²) >= 11 is 6.21. The number of pyridine rings is 1. The third-order valence-electron chi connectivity index (χ3n) is 6.22. The van der Waals surface area contributed by atoms with Gasteiger partial charge in [0.2, 0.25) is 5.95 Å². The first kappa shape index (κ1) is 24.8. The van der Waals surface area contributed by atoms with Crippen molar-refractivity contribution in [3.05, 3.63) is 40.4 Å². The molecule has 1 saturated carbocycles. The molecule has 2 N–H and O–H groups in total. The molecule has 0 aliphatic heterocycles. The number of nitrogens with one attached hydrogen (secondary N) is 1.